The zero-order valence-electron chi connectivity index (χ0n) is 5.62. The number of nitrogens with zero attached hydrogens (tertiary/aromatic N) is 1. The number of rotatable bonds is 2. The van der Waals surface area contributed by atoms with Crippen LogP contribution in [-0.4, -0.2) is 5.11 Å². The minimum absolute atomic E-state index is 0.0555. The maximum Gasteiger partial charge on any atom is 0.134 e. The molecule has 3 nitrogen and oxygen atoms in total. The maximum atomic E-state index is 9.20. The summed E-state index contributed by atoms with van der Waals surface area (Å²) >= 11 is 3.16. The van der Waals surface area contributed by atoms with Crippen molar-refractivity contribution in [2.24, 2.45) is 0 Å². The number of hydrogen-bond acceptors (Lipinski definition) is 3. The molecule has 1 N–H and O–H groups in total. The van der Waals surface area contributed by atoms with Crippen molar-refractivity contribution in [2.45, 2.75) is 12.5 Å². The highest BCUT2D eigenvalue weighted by Crippen LogP contribution is 2.21. The van der Waals surface area contributed by atoms with E-state index in [0.717, 1.165) is 4.47 Å². The van der Waals surface area contributed by atoms with Gasteiger partial charge in [-0.1, -0.05) is 0 Å². The normalized spacial score (nSPS) is 12.5. The topological polar surface area (TPSA) is 57.2 Å². The van der Waals surface area contributed by atoms with Crippen LogP contribution in [0.5, 0.6) is 0 Å². The largest absolute Gasteiger partial charge is 0.465 e. The number of aliphatic hydroxyl groups excluding tert-OH is 1. The summed E-state index contributed by atoms with van der Waals surface area (Å²) in [5, 5.41) is 17.4. The van der Waals surface area contributed by atoms with Crippen molar-refractivity contribution < 1.29 is 9.52 Å². The Hall–Kier alpha value is -0.790. The zero-order chi connectivity index (χ0) is 8.27. The molecule has 1 unspecified atom stereocenters. The number of halogens is 1. The SMILES string of the molecule is N#CCC(O)c1cc(Br)co1. The summed E-state index contributed by atoms with van der Waals surface area (Å²) in [6, 6.07) is 3.49. The molecular formula is C7H6BrNO2. The summed E-state index contributed by atoms with van der Waals surface area (Å²) in [6.07, 6.45) is 0.710. The van der Waals surface area contributed by atoms with E-state index < -0.39 is 6.10 Å². The second kappa shape index (κ2) is 3.56. The monoisotopic (exact) mass is 215 g/mol. The molecule has 4 heteroatoms. The van der Waals surface area contributed by atoms with Crippen molar-refractivity contribution in [2.75, 3.05) is 0 Å². The van der Waals surface area contributed by atoms with Crippen molar-refractivity contribution >= 4 is 15.9 Å². The third-order valence-corrected chi connectivity index (χ3v) is 1.62. The fourth-order valence-corrected chi connectivity index (χ4v) is 1.01. The van der Waals surface area contributed by atoms with Crippen LogP contribution in [0.4, 0.5) is 0 Å². The van der Waals surface area contributed by atoms with Gasteiger partial charge in [-0.3, -0.25) is 0 Å². The molecule has 0 aliphatic carbocycles. The van der Waals surface area contributed by atoms with Crippen molar-refractivity contribution in [3.05, 3.63) is 22.6 Å². The van der Waals surface area contributed by atoms with E-state index in [1.54, 1.807) is 6.07 Å². The highest BCUT2D eigenvalue weighted by atomic mass is 79.9. The molecule has 0 aromatic carbocycles. The van der Waals surface area contributed by atoms with E-state index in [9.17, 15) is 5.11 Å². The van der Waals surface area contributed by atoms with E-state index in [4.69, 9.17) is 9.68 Å². The second-order valence-corrected chi connectivity index (χ2v) is 2.96. The standard InChI is InChI=1S/C7H6BrNO2/c8-5-3-7(11-4-5)6(10)1-2-9/h3-4,6,10H,1H2. The number of nitriles is 1. The van der Waals surface area contributed by atoms with E-state index in [1.165, 1.54) is 6.26 Å². The first-order valence-electron chi connectivity index (χ1n) is 3.03. The molecule has 0 aliphatic rings. The Morgan fingerprint density at radius 1 is 1.82 bits per heavy atom. The lowest BCUT2D eigenvalue weighted by molar-refractivity contribution is 0.155. The van der Waals surface area contributed by atoms with Crippen LogP contribution in [0.1, 0.15) is 18.3 Å². The Balaban J connectivity index is 2.70. The molecule has 1 rings (SSSR count). The van der Waals surface area contributed by atoms with Crippen molar-refractivity contribution in [1.29, 1.82) is 5.26 Å². The summed E-state index contributed by atoms with van der Waals surface area (Å²) in [4.78, 5) is 0. The molecule has 0 spiro atoms. The Labute approximate surface area is 72.4 Å². The average molecular weight is 216 g/mol. The lowest BCUT2D eigenvalue weighted by atomic mass is 10.2. The average Bonchev–Trinajstić information content (AvgIpc) is 2.36. The quantitative estimate of drug-likeness (QED) is 0.822. The first-order valence-corrected chi connectivity index (χ1v) is 3.82. The van der Waals surface area contributed by atoms with E-state index >= 15 is 0 Å². The molecule has 11 heavy (non-hydrogen) atoms. The molecule has 0 saturated heterocycles. The van der Waals surface area contributed by atoms with Crippen LogP contribution < -0.4 is 0 Å². The van der Waals surface area contributed by atoms with Crippen LogP contribution in [0.25, 0.3) is 0 Å². The van der Waals surface area contributed by atoms with Gasteiger partial charge in [0.15, 0.2) is 0 Å². The summed E-state index contributed by atoms with van der Waals surface area (Å²) in [7, 11) is 0. The van der Waals surface area contributed by atoms with Gasteiger partial charge in [0.1, 0.15) is 18.1 Å². The van der Waals surface area contributed by atoms with Gasteiger partial charge < -0.3 is 9.52 Å². The number of hydrogen-bond donors (Lipinski definition) is 1. The Kier molecular flexibility index (Phi) is 2.69. The molecule has 58 valence electrons. The molecule has 0 amide bonds. The third-order valence-electron chi connectivity index (χ3n) is 1.20. The van der Waals surface area contributed by atoms with E-state index in [1.807, 2.05) is 6.07 Å². The van der Waals surface area contributed by atoms with Crippen molar-refractivity contribution in [3.8, 4) is 6.07 Å². The summed E-state index contributed by atoms with van der Waals surface area (Å²) in [5.41, 5.74) is 0. The van der Waals surface area contributed by atoms with Gasteiger partial charge in [-0.2, -0.15) is 5.26 Å². The second-order valence-electron chi connectivity index (χ2n) is 2.05. The highest BCUT2D eigenvalue weighted by Gasteiger charge is 2.10. The minimum Gasteiger partial charge on any atom is -0.465 e. The van der Waals surface area contributed by atoms with Gasteiger partial charge in [0.05, 0.1) is 17.0 Å². The maximum absolute atomic E-state index is 9.20. The predicted octanol–water partition coefficient (Wildman–Crippen LogP) is 1.99. The zero-order valence-corrected chi connectivity index (χ0v) is 7.21. The summed E-state index contributed by atoms with van der Waals surface area (Å²) in [5.74, 6) is 0.415. The lowest BCUT2D eigenvalue weighted by Crippen LogP contribution is -1.92. The van der Waals surface area contributed by atoms with E-state index in [0.29, 0.717) is 5.76 Å². The van der Waals surface area contributed by atoms with Crippen molar-refractivity contribution in [3.63, 3.8) is 0 Å². The summed E-state index contributed by atoms with van der Waals surface area (Å²) < 4.78 is 5.70. The van der Waals surface area contributed by atoms with Crippen LogP contribution in [0.15, 0.2) is 21.2 Å². The van der Waals surface area contributed by atoms with Crippen molar-refractivity contribution in [1.82, 2.24) is 0 Å². The molecule has 0 aliphatic heterocycles. The lowest BCUT2D eigenvalue weighted by Gasteiger charge is -1.98. The molecular weight excluding hydrogens is 210 g/mol. The van der Waals surface area contributed by atoms with Gasteiger partial charge in [0.2, 0.25) is 0 Å². The van der Waals surface area contributed by atoms with Gasteiger partial charge in [-0.15, -0.1) is 0 Å². The van der Waals surface area contributed by atoms with Crippen LogP contribution in [-0.2, 0) is 0 Å². The number of aliphatic hydroxyl groups is 1. The molecule has 0 fully saturated rings. The van der Waals surface area contributed by atoms with Crippen LogP contribution in [0.3, 0.4) is 0 Å². The fourth-order valence-electron chi connectivity index (χ4n) is 0.690. The minimum atomic E-state index is -0.814. The predicted molar refractivity (Wildman–Crippen MR) is 41.6 cm³/mol. The van der Waals surface area contributed by atoms with Gasteiger partial charge >= 0.3 is 0 Å². The molecule has 0 saturated carbocycles. The summed E-state index contributed by atoms with van der Waals surface area (Å²) in [6.45, 7) is 0. The highest BCUT2D eigenvalue weighted by molar-refractivity contribution is 9.10. The van der Waals surface area contributed by atoms with E-state index in [2.05, 4.69) is 15.9 Å². The molecule has 1 heterocycles. The van der Waals surface area contributed by atoms with Crippen LogP contribution in [0.2, 0.25) is 0 Å². The Morgan fingerprint density at radius 2 is 2.55 bits per heavy atom. The fraction of sp³-hybridized carbons (Fsp3) is 0.286. The van der Waals surface area contributed by atoms with E-state index in [-0.39, 0.29) is 6.42 Å². The third kappa shape index (κ3) is 2.07. The molecule has 1 aromatic heterocycles. The molecule has 0 radical (unpaired) electrons. The first kappa shape index (κ1) is 8.31. The molecule has 1 aromatic rings. The first-order chi connectivity index (χ1) is 5.24. The number of furan rings is 1. The van der Waals surface area contributed by atoms with Crippen LogP contribution in [0, 0.1) is 11.3 Å². The van der Waals surface area contributed by atoms with Gasteiger partial charge in [0, 0.05) is 0 Å². The molecule has 1 atom stereocenters. The Bertz CT molecular complexity index is 276. The van der Waals surface area contributed by atoms with Gasteiger partial charge in [0.25, 0.3) is 0 Å². The molecule has 0 bridgehead atoms. The smallest absolute Gasteiger partial charge is 0.134 e. The van der Waals surface area contributed by atoms with Gasteiger partial charge in [-0.25, -0.2) is 0 Å². The Morgan fingerprint density at radius 3 is 3.00 bits per heavy atom. The van der Waals surface area contributed by atoms with Crippen LogP contribution >= 0.6 is 15.9 Å². The van der Waals surface area contributed by atoms with Gasteiger partial charge in [-0.05, 0) is 22.0 Å².